The van der Waals surface area contributed by atoms with Crippen molar-refractivity contribution in [2.75, 3.05) is 0 Å². The van der Waals surface area contributed by atoms with E-state index in [2.05, 4.69) is 28.7 Å². The van der Waals surface area contributed by atoms with Gasteiger partial charge in [-0.05, 0) is 25.3 Å². The lowest BCUT2D eigenvalue weighted by Crippen LogP contribution is -2.29. The lowest BCUT2D eigenvalue weighted by Gasteiger charge is -2.24. The highest BCUT2D eigenvalue weighted by Crippen LogP contribution is 2.29. The van der Waals surface area contributed by atoms with Crippen molar-refractivity contribution in [3.63, 3.8) is 0 Å². The smallest absolute Gasteiger partial charge is 0.288 e. The summed E-state index contributed by atoms with van der Waals surface area (Å²) in [6.45, 7) is 15.0. The highest BCUT2D eigenvalue weighted by molar-refractivity contribution is 5.89. The number of hydrogen-bond donors (Lipinski definition) is 0. The van der Waals surface area contributed by atoms with Crippen LogP contribution in [0.3, 0.4) is 0 Å². The van der Waals surface area contributed by atoms with Crippen molar-refractivity contribution < 1.29 is 4.79 Å². The van der Waals surface area contributed by atoms with E-state index in [1.165, 1.54) is 6.20 Å². The third-order valence-electron chi connectivity index (χ3n) is 3.93. The Kier molecular flexibility index (Phi) is 4.90. The van der Waals surface area contributed by atoms with Crippen LogP contribution in [0, 0.1) is 12.5 Å². The summed E-state index contributed by atoms with van der Waals surface area (Å²) in [5.74, 6) is 0.877. The zero-order valence-corrected chi connectivity index (χ0v) is 14.0. The molecule has 1 heterocycles. The monoisotopic (exact) mass is 307 g/mol. The second kappa shape index (κ2) is 6.70. The molecule has 0 bridgehead atoms. The zero-order valence-electron chi connectivity index (χ0n) is 14.0. The van der Waals surface area contributed by atoms with Crippen molar-refractivity contribution in [1.29, 1.82) is 0 Å². The van der Waals surface area contributed by atoms with Gasteiger partial charge in [-0.1, -0.05) is 44.7 Å². The Bertz CT molecular complexity index is 740. The van der Waals surface area contributed by atoms with Crippen molar-refractivity contribution in [2.24, 2.45) is 5.92 Å². The molecule has 0 aliphatic heterocycles. The quantitative estimate of drug-likeness (QED) is 0.759. The summed E-state index contributed by atoms with van der Waals surface area (Å²) in [6, 6.07) is 7.77. The third kappa shape index (κ3) is 3.81. The van der Waals surface area contributed by atoms with E-state index in [0.717, 1.165) is 11.1 Å². The van der Waals surface area contributed by atoms with E-state index in [1.54, 1.807) is 6.20 Å². The minimum Gasteiger partial charge on any atom is -0.359 e. The predicted molar refractivity (Wildman–Crippen MR) is 91.2 cm³/mol. The Morgan fingerprint density at radius 1 is 1.22 bits per heavy atom. The average molecular weight is 307 g/mol. The Labute approximate surface area is 137 Å². The van der Waals surface area contributed by atoms with Crippen LogP contribution in [0.15, 0.2) is 36.7 Å². The first-order chi connectivity index (χ1) is 10.8. The fraction of sp³-hybridized carbons (Fsp3) is 0.368. The molecule has 0 radical (unpaired) electrons. The Balaban J connectivity index is 2.28. The van der Waals surface area contributed by atoms with Crippen LogP contribution in [-0.4, -0.2) is 15.8 Å². The molecular weight excluding hydrogens is 286 g/mol. The van der Waals surface area contributed by atoms with Crippen LogP contribution in [0.5, 0.6) is 0 Å². The molecule has 2 rings (SSSR count). The lowest BCUT2D eigenvalue weighted by molar-refractivity contribution is -0.124. The van der Waals surface area contributed by atoms with Gasteiger partial charge >= 0.3 is 0 Å². The van der Waals surface area contributed by atoms with Crippen molar-refractivity contribution in [3.05, 3.63) is 53.6 Å². The number of Topliss-reactive ketones (excluding diaryl/α,β-unsaturated/α-hetero) is 1. The maximum absolute atomic E-state index is 12.5. The number of nitrogens with zero attached hydrogens (tertiary/aromatic N) is 3. The van der Waals surface area contributed by atoms with Gasteiger partial charge in [0.05, 0.1) is 12.4 Å². The van der Waals surface area contributed by atoms with Gasteiger partial charge in [-0.15, -0.1) is 4.98 Å². The number of benzene rings is 1. The van der Waals surface area contributed by atoms with E-state index in [1.807, 2.05) is 38.1 Å². The van der Waals surface area contributed by atoms with Crippen LogP contribution < -0.4 is 0 Å². The van der Waals surface area contributed by atoms with Gasteiger partial charge in [-0.2, -0.15) is 0 Å². The van der Waals surface area contributed by atoms with Crippen molar-refractivity contribution in [1.82, 2.24) is 9.97 Å². The number of ketones is 1. The molecule has 23 heavy (non-hydrogen) atoms. The molecule has 0 aliphatic carbocycles. The molecule has 0 unspecified atom stereocenters. The fourth-order valence-corrected chi connectivity index (χ4v) is 2.39. The van der Waals surface area contributed by atoms with Gasteiger partial charge in [0.15, 0.2) is 5.69 Å². The Morgan fingerprint density at radius 3 is 2.43 bits per heavy atom. The minimum absolute atomic E-state index is 0.245. The van der Waals surface area contributed by atoms with Crippen LogP contribution >= 0.6 is 0 Å². The topological polar surface area (TPSA) is 47.2 Å². The molecule has 4 nitrogen and oxygen atoms in total. The Hall–Kier alpha value is -2.54. The van der Waals surface area contributed by atoms with Gasteiger partial charge in [0, 0.05) is 17.4 Å². The zero-order chi connectivity index (χ0) is 17.0. The maximum Gasteiger partial charge on any atom is 0.288 e. The van der Waals surface area contributed by atoms with Gasteiger partial charge in [-0.25, -0.2) is 0 Å². The third-order valence-corrected chi connectivity index (χ3v) is 3.93. The fourth-order valence-electron chi connectivity index (χ4n) is 2.39. The highest BCUT2D eigenvalue weighted by atomic mass is 16.1. The minimum atomic E-state index is -0.507. The van der Waals surface area contributed by atoms with E-state index in [0.29, 0.717) is 18.0 Å². The second-order valence-electron chi connectivity index (χ2n) is 6.60. The summed E-state index contributed by atoms with van der Waals surface area (Å²) >= 11 is 0. The summed E-state index contributed by atoms with van der Waals surface area (Å²) < 4.78 is 0. The molecule has 0 fully saturated rings. The molecule has 118 valence electrons. The second-order valence-corrected chi connectivity index (χ2v) is 6.60. The summed E-state index contributed by atoms with van der Waals surface area (Å²) in [7, 11) is 0. The van der Waals surface area contributed by atoms with Gasteiger partial charge < -0.3 is 4.85 Å². The first kappa shape index (κ1) is 16.8. The molecule has 0 saturated carbocycles. The first-order valence-corrected chi connectivity index (χ1v) is 7.68. The van der Waals surface area contributed by atoms with Crippen molar-refractivity contribution in [3.8, 4) is 11.3 Å². The normalized spacial score (nSPS) is 11.3. The van der Waals surface area contributed by atoms with Crippen molar-refractivity contribution in [2.45, 2.75) is 39.5 Å². The van der Waals surface area contributed by atoms with Crippen LogP contribution in [0.1, 0.15) is 39.7 Å². The van der Waals surface area contributed by atoms with E-state index in [9.17, 15) is 4.79 Å². The number of rotatable bonds is 5. The molecule has 1 aromatic carbocycles. The van der Waals surface area contributed by atoms with Crippen LogP contribution in [0.25, 0.3) is 16.1 Å². The summed E-state index contributed by atoms with van der Waals surface area (Å²) in [4.78, 5) is 24.0. The van der Waals surface area contributed by atoms with Gasteiger partial charge in [-0.3, -0.25) is 9.78 Å². The Morgan fingerprint density at radius 2 is 1.87 bits per heavy atom. The molecule has 0 atom stereocenters. The molecule has 0 aliphatic rings. The predicted octanol–water partition coefficient (Wildman–Crippen LogP) is 4.59. The van der Waals surface area contributed by atoms with Gasteiger partial charge in [0.1, 0.15) is 5.78 Å². The summed E-state index contributed by atoms with van der Waals surface area (Å²) in [5.41, 5.74) is 2.03. The summed E-state index contributed by atoms with van der Waals surface area (Å²) in [6.07, 6.45) is 3.66. The largest absolute Gasteiger partial charge is 0.359 e. The standard InChI is InChI=1S/C19H21N3O/c1-13(2)10-17(23)19(3,4)15-8-6-14(7-9-15)16-11-21-12-18(20-5)22-16/h6-9,11-13H,10H2,1-4H3. The molecule has 0 N–H and O–H groups in total. The SMILES string of the molecule is [C-]#[N+]c1cncc(-c2ccc(C(C)(C)C(=O)CC(C)C)cc2)n1. The van der Waals surface area contributed by atoms with E-state index >= 15 is 0 Å². The molecule has 1 aromatic heterocycles. The molecule has 2 aromatic rings. The van der Waals surface area contributed by atoms with E-state index < -0.39 is 5.41 Å². The van der Waals surface area contributed by atoms with E-state index in [4.69, 9.17) is 6.57 Å². The molecule has 4 heteroatoms. The van der Waals surface area contributed by atoms with Gasteiger partial charge in [0.25, 0.3) is 5.82 Å². The molecular formula is C19H21N3O. The highest BCUT2D eigenvalue weighted by Gasteiger charge is 2.29. The summed E-state index contributed by atoms with van der Waals surface area (Å²) in [5, 5.41) is 0. The van der Waals surface area contributed by atoms with Crippen LogP contribution in [0.4, 0.5) is 5.82 Å². The number of carbonyl (C=O) groups is 1. The van der Waals surface area contributed by atoms with E-state index in [-0.39, 0.29) is 11.6 Å². The molecule has 0 saturated heterocycles. The average Bonchev–Trinajstić information content (AvgIpc) is 2.54. The van der Waals surface area contributed by atoms with Gasteiger partial charge in [0.2, 0.25) is 0 Å². The van der Waals surface area contributed by atoms with Crippen LogP contribution in [-0.2, 0) is 10.2 Å². The van der Waals surface area contributed by atoms with Crippen LogP contribution in [0.2, 0.25) is 0 Å². The number of aromatic nitrogens is 2. The first-order valence-electron chi connectivity index (χ1n) is 7.68. The molecule has 0 amide bonds. The maximum atomic E-state index is 12.5. The number of carbonyl (C=O) groups excluding carboxylic acids is 1. The molecule has 0 spiro atoms. The lowest BCUT2D eigenvalue weighted by atomic mass is 9.77. The number of hydrogen-bond acceptors (Lipinski definition) is 3. The van der Waals surface area contributed by atoms with Crippen molar-refractivity contribution >= 4 is 11.6 Å².